The largest absolute Gasteiger partial charge is 0.457 e. The van der Waals surface area contributed by atoms with Crippen LogP contribution in [0.3, 0.4) is 0 Å². The van der Waals surface area contributed by atoms with Crippen molar-refractivity contribution < 1.29 is 14.3 Å². The summed E-state index contributed by atoms with van der Waals surface area (Å²) in [6.45, 7) is 6.35. The summed E-state index contributed by atoms with van der Waals surface area (Å²) in [4.78, 5) is 11.3. The summed E-state index contributed by atoms with van der Waals surface area (Å²) in [5.74, 6) is -0.298. The van der Waals surface area contributed by atoms with Crippen LogP contribution < -0.4 is 0 Å². The third kappa shape index (κ3) is 4.42. The molecular formula is C11H18O3. The van der Waals surface area contributed by atoms with Gasteiger partial charge in [0.15, 0.2) is 0 Å². The Kier molecular flexibility index (Phi) is 3.69. The maximum atomic E-state index is 11.3. The molecule has 0 saturated carbocycles. The molecule has 0 aliphatic carbocycles. The van der Waals surface area contributed by atoms with Crippen LogP contribution in [-0.4, -0.2) is 24.3 Å². The Balaban J connectivity index is 2.32. The first kappa shape index (κ1) is 11.2. The lowest BCUT2D eigenvalue weighted by Crippen LogP contribution is -2.22. The Morgan fingerprint density at radius 3 is 2.71 bits per heavy atom. The van der Waals surface area contributed by atoms with Crippen LogP contribution in [0, 0.1) is 0 Å². The second-order valence-corrected chi connectivity index (χ2v) is 4.44. The molecule has 1 aliphatic rings. The van der Waals surface area contributed by atoms with Gasteiger partial charge >= 0.3 is 5.97 Å². The van der Waals surface area contributed by atoms with E-state index in [0.29, 0.717) is 0 Å². The highest BCUT2D eigenvalue weighted by Crippen LogP contribution is 2.13. The lowest BCUT2D eigenvalue weighted by Gasteiger charge is -2.18. The van der Waals surface area contributed by atoms with Crippen molar-refractivity contribution in [3.05, 3.63) is 12.2 Å². The van der Waals surface area contributed by atoms with Crippen molar-refractivity contribution in [1.29, 1.82) is 0 Å². The molecule has 3 nitrogen and oxygen atoms in total. The van der Waals surface area contributed by atoms with E-state index >= 15 is 0 Å². The van der Waals surface area contributed by atoms with E-state index in [2.05, 4.69) is 0 Å². The highest BCUT2D eigenvalue weighted by Gasteiger charge is 2.16. The molecule has 0 unspecified atom stereocenters. The van der Waals surface area contributed by atoms with Crippen molar-refractivity contribution >= 4 is 5.97 Å². The molecule has 3 heteroatoms. The molecule has 1 saturated heterocycles. The van der Waals surface area contributed by atoms with E-state index < -0.39 is 5.60 Å². The van der Waals surface area contributed by atoms with Crippen LogP contribution in [0.25, 0.3) is 0 Å². The van der Waals surface area contributed by atoms with Gasteiger partial charge in [0.25, 0.3) is 0 Å². The van der Waals surface area contributed by atoms with Crippen molar-refractivity contribution in [2.75, 3.05) is 6.61 Å². The predicted octanol–water partition coefficient (Wildman–Crippen LogP) is 2.06. The molecule has 14 heavy (non-hydrogen) atoms. The zero-order valence-corrected chi connectivity index (χ0v) is 9.08. The van der Waals surface area contributed by atoms with Gasteiger partial charge in [-0.2, -0.15) is 0 Å². The lowest BCUT2D eigenvalue weighted by atomic mass is 10.2. The van der Waals surface area contributed by atoms with E-state index in [1.807, 2.05) is 20.8 Å². The molecule has 0 radical (unpaired) electrons. The highest BCUT2D eigenvalue weighted by molar-refractivity contribution is 5.82. The summed E-state index contributed by atoms with van der Waals surface area (Å²) in [7, 11) is 0. The molecule has 1 heterocycles. The summed E-state index contributed by atoms with van der Waals surface area (Å²) in [5, 5.41) is 0. The Bertz CT molecular complexity index is 219. The minimum atomic E-state index is -0.419. The maximum Gasteiger partial charge on any atom is 0.331 e. The Hall–Kier alpha value is -0.830. The van der Waals surface area contributed by atoms with Gasteiger partial charge in [-0.1, -0.05) is 0 Å². The van der Waals surface area contributed by atoms with Gasteiger partial charge in [-0.25, -0.2) is 4.79 Å². The molecule has 1 fully saturated rings. The fourth-order valence-corrected chi connectivity index (χ4v) is 1.28. The van der Waals surface area contributed by atoms with Crippen molar-refractivity contribution in [2.45, 2.75) is 45.3 Å². The molecule has 0 aromatic carbocycles. The Labute approximate surface area is 85.1 Å². The van der Waals surface area contributed by atoms with Crippen LogP contribution in [0.2, 0.25) is 0 Å². The smallest absolute Gasteiger partial charge is 0.331 e. The first-order valence-corrected chi connectivity index (χ1v) is 5.00. The van der Waals surface area contributed by atoms with Gasteiger partial charge in [0.05, 0.1) is 6.10 Å². The van der Waals surface area contributed by atoms with Crippen molar-refractivity contribution in [3.8, 4) is 0 Å². The molecule has 0 aromatic heterocycles. The summed E-state index contributed by atoms with van der Waals surface area (Å²) < 4.78 is 10.5. The Morgan fingerprint density at radius 1 is 1.50 bits per heavy atom. The van der Waals surface area contributed by atoms with Crippen LogP contribution >= 0.6 is 0 Å². The van der Waals surface area contributed by atoms with Crippen LogP contribution in [-0.2, 0) is 14.3 Å². The molecule has 1 rings (SSSR count). The van der Waals surface area contributed by atoms with Gasteiger partial charge in [0.1, 0.15) is 5.60 Å². The molecule has 0 N–H and O–H groups in total. The topological polar surface area (TPSA) is 35.5 Å². The van der Waals surface area contributed by atoms with Crippen LogP contribution in [0.1, 0.15) is 33.6 Å². The van der Waals surface area contributed by atoms with Gasteiger partial charge < -0.3 is 9.47 Å². The molecule has 0 aromatic rings. The number of carbonyl (C=O) groups is 1. The second kappa shape index (κ2) is 4.60. The average molecular weight is 198 g/mol. The van der Waals surface area contributed by atoms with Gasteiger partial charge in [-0.3, -0.25) is 0 Å². The van der Waals surface area contributed by atoms with Crippen LogP contribution in [0.15, 0.2) is 12.2 Å². The first-order valence-electron chi connectivity index (χ1n) is 5.00. The normalized spacial score (nSPS) is 22.9. The monoisotopic (exact) mass is 198 g/mol. The molecular weight excluding hydrogens is 180 g/mol. The molecule has 1 aliphatic heterocycles. The number of carbonyl (C=O) groups excluding carboxylic acids is 1. The number of esters is 1. The van der Waals surface area contributed by atoms with Gasteiger partial charge in [0, 0.05) is 12.7 Å². The zero-order chi connectivity index (χ0) is 10.6. The second-order valence-electron chi connectivity index (χ2n) is 4.44. The van der Waals surface area contributed by atoms with Crippen molar-refractivity contribution in [1.82, 2.24) is 0 Å². The maximum absolute atomic E-state index is 11.3. The molecule has 0 bridgehead atoms. The molecule has 80 valence electrons. The van der Waals surface area contributed by atoms with Crippen LogP contribution in [0.4, 0.5) is 0 Å². The average Bonchev–Trinajstić information content (AvgIpc) is 2.49. The van der Waals surface area contributed by atoms with Crippen molar-refractivity contribution in [2.24, 2.45) is 0 Å². The van der Waals surface area contributed by atoms with Crippen LogP contribution in [0.5, 0.6) is 0 Å². The highest BCUT2D eigenvalue weighted by atomic mass is 16.6. The number of ether oxygens (including phenoxy) is 2. The third-order valence-electron chi connectivity index (χ3n) is 1.82. The standard InChI is InChI=1S/C11H18O3/c1-11(2,3)14-10(12)7-6-9-5-4-8-13-9/h6-7,9H,4-5,8H2,1-3H3/b7-6+/t9-/m0/s1. The fraction of sp³-hybridized carbons (Fsp3) is 0.727. The lowest BCUT2D eigenvalue weighted by molar-refractivity contribution is -0.148. The minimum Gasteiger partial charge on any atom is -0.457 e. The minimum absolute atomic E-state index is 0.0996. The van der Waals surface area contributed by atoms with E-state index in [4.69, 9.17) is 9.47 Å². The quantitative estimate of drug-likeness (QED) is 0.503. The predicted molar refractivity (Wildman–Crippen MR) is 54.0 cm³/mol. The van der Waals surface area contributed by atoms with E-state index in [0.717, 1.165) is 19.4 Å². The van der Waals surface area contributed by atoms with Gasteiger partial charge in [0.2, 0.25) is 0 Å². The van der Waals surface area contributed by atoms with E-state index in [-0.39, 0.29) is 12.1 Å². The van der Waals surface area contributed by atoms with E-state index in [9.17, 15) is 4.79 Å². The summed E-state index contributed by atoms with van der Waals surface area (Å²) in [6, 6.07) is 0. The molecule has 0 spiro atoms. The Morgan fingerprint density at radius 2 is 2.21 bits per heavy atom. The third-order valence-corrected chi connectivity index (χ3v) is 1.82. The molecule has 1 atom stereocenters. The van der Waals surface area contributed by atoms with E-state index in [1.54, 1.807) is 6.08 Å². The fourth-order valence-electron chi connectivity index (χ4n) is 1.28. The van der Waals surface area contributed by atoms with Crippen molar-refractivity contribution in [3.63, 3.8) is 0 Å². The number of hydrogen-bond donors (Lipinski definition) is 0. The van der Waals surface area contributed by atoms with E-state index in [1.165, 1.54) is 6.08 Å². The van der Waals surface area contributed by atoms with Gasteiger partial charge in [-0.05, 0) is 39.7 Å². The summed E-state index contributed by atoms with van der Waals surface area (Å²) >= 11 is 0. The SMILES string of the molecule is CC(C)(C)OC(=O)/C=C/[C@@H]1CCCO1. The summed E-state index contributed by atoms with van der Waals surface area (Å²) in [6.07, 6.45) is 5.41. The zero-order valence-electron chi connectivity index (χ0n) is 9.08. The summed E-state index contributed by atoms with van der Waals surface area (Å²) in [5.41, 5.74) is -0.419. The number of hydrogen-bond acceptors (Lipinski definition) is 3. The number of rotatable bonds is 2. The van der Waals surface area contributed by atoms with Gasteiger partial charge in [-0.15, -0.1) is 0 Å². The molecule has 0 amide bonds. The first-order chi connectivity index (χ1) is 6.47.